The number of rotatable bonds is 4. The van der Waals surface area contributed by atoms with Crippen LogP contribution in [0.25, 0.3) is 0 Å². The molecular weight excluding hydrogens is 293 g/mol. The molecule has 2 N–H and O–H groups in total. The molecule has 94 valence electrons. The maximum absolute atomic E-state index is 10.7. The van der Waals surface area contributed by atoms with Crippen molar-refractivity contribution in [2.75, 3.05) is 5.32 Å². The number of anilines is 2. The first-order valence-corrected chi connectivity index (χ1v) is 6.70. The van der Waals surface area contributed by atoms with Gasteiger partial charge in [-0.2, -0.15) is 0 Å². The largest absolute Gasteiger partial charge is 0.481 e. The van der Waals surface area contributed by atoms with Gasteiger partial charge in [-0.1, -0.05) is 29.3 Å². The second-order valence-electron chi connectivity index (χ2n) is 3.55. The fourth-order valence-corrected chi connectivity index (χ4v) is 2.64. The van der Waals surface area contributed by atoms with Crippen molar-refractivity contribution in [2.45, 2.75) is 6.42 Å². The van der Waals surface area contributed by atoms with Gasteiger partial charge in [-0.15, -0.1) is 11.3 Å². The molecule has 0 radical (unpaired) electrons. The van der Waals surface area contributed by atoms with Crippen LogP contribution in [0.3, 0.4) is 0 Å². The standard InChI is InChI=1S/C12H9Cl2NO2S/c13-7-2-1-3-9(12(7)14)15-8-4-5-18-10(8)6-11(16)17/h1-5,15H,6H2,(H,16,17). The highest BCUT2D eigenvalue weighted by Crippen LogP contribution is 2.34. The number of aliphatic carboxylic acids is 1. The summed E-state index contributed by atoms with van der Waals surface area (Å²) in [6.45, 7) is 0. The molecule has 0 saturated heterocycles. The molecule has 0 unspecified atom stereocenters. The van der Waals surface area contributed by atoms with E-state index in [0.29, 0.717) is 15.7 Å². The van der Waals surface area contributed by atoms with Gasteiger partial charge < -0.3 is 10.4 Å². The fraction of sp³-hybridized carbons (Fsp3) is 0.0833. The van der Waals surface area contributed by atoms with Gasteiger partial charge in [-0.05, 0) is 23.6 Å². The molecule has 2 rings (SSSR count). The van der Waals surface area contributed by atoms with Gasteiger partial charge in [0.25, 0.3) is 0 Å². The Hall–Kier alpha value is -1.23. The second-order valence-corrected chi connectivity index (χ2v) is 5.34. The van der Waals surface area contributed by atoms with Crippen molar-refractivity contribution in [1.29, 1.82) is 0 Å². The Morgan fingerprint density at radius 2 is 2.06 bits per heavy atom. The van der Waals surface area contributed by atoms with Crippen LogP contribution < -0.4 is 5.32 Å². The number of thiophene rings is 1. The molecule has 1 heterocycles. The van der Waals surface area contributed by atoms with E-state index in [9.17, 15) is 4.79 Å². The van der Waals surface area contributed by atoms with E-state index in [0.717, 1.165) is 10.6 Å². The number of carbonyl (C=O) groups is 1. The van der Waals surface area contributed by atoms with Gasteiger partial charge in [0.05, 0.1) is 27.8 Å². The molecule has 6 heteroatoms. The zero-order valence-corrected chi connectivity index (χ0v) is 11.4. The molecule has 1 aromatic carbocycles. The third-order valence-electron chi connectivity index (χ3n) is 2.28. The lowest BCUT2D eigenvalue weighted by Gasteiger charge is -2.09. The summed E-state index contributed by atoms with van der Waals surface area (Å²) in [7, 11) is 0. The van der Waals surface area contributed by atoms with Crippen LogP contribution in [0, 0.1) is 0 Å². The summed E-state index contributed by atoms with van der Waals surface area (Å²) in [5.74, 6) is -0.863. The molecule has 0 spiro atoms. The van der Waals surface area contributed by atoms with Crippen molar-refractivity contribution in [3.05, 3.63) is 44.6 Å². The molecule has 0 aliphatic rings. The third kappa shape index (κ3) is 2.96. The number of carboxylic acids is 1. The first kappa shape index (κ1) is 13.2. The predicted molar refractivity (Wildman–Crippen MR) is 75.4 cm³/mol. The molecule has 0 aliphatic carbocycles. The molecule has 0 atom stereocenters. The van der Waals surface area contributed by atoms with Crippen LogP contribution in [-0.2, 0) is 11.2 Å². The van der Waals surface area contributed by atoms with Crippen molar-refractivity contribution in [3.8, 4) is 0 Å². The van der Waals surface area contributed by atoms with Crippen LogP contribution in [-0.4, -0.2) is 11.1 Å². The average molecular weight is 302 g/mol. The highest BCUT2D eigenvalue weighted by Gasteiger charge is 2.11. The molecular formula is C12H9Cl2NO2S. The summed E-state index contributed by atoms with van der Waals surface area (Å²) in [5, 5.41) is 14.6. The Morgan fingerprint density at radius 1 is 1.28 bits per heavy atom. The molecule has 0 saturated carbocycles. The highest BCUT2D eigenvalue weighted by atomic mass is 35.5. The van der Waals surface area contributed by atoms with Crippen molar-refractivity contribution in [1.82, 2.24) is 0 Å². The van der Waals surface area contributed by atoms with Gasteiger partial charge >= 0.3 is 5.97 Å². The molecule has 0 bridgehead atoms. The first-order chi connectivity index (χ1) is 8.58. The SMILES string of the molecule is O=C(O)Cc1sccc1Nc1cccc(Cl)c1Cl. The Bertz CT molecular complexity index is 583. The number of hydrogen-bond donors (Lipinski definition) is 2. The maximum atomic E-state index is 10.7. The number of carboxylic acid groups (broad SMARTS) is 1. The van der Waals surface area contributed by atoms with Gasteiger partial charge in [0.1, 0.15) is 0 Å². The van der Waals surface area contributed by atoms with Gasteiger partial charge in [-0.25, -0.2) is 0 Å². The van der Waals surface area contributed by atoms with Crippen LogP contribution in [0.1, 0.15) is 4.88 Å². The zero-order valence-electron chi connectivity index (χ0n) is 9.11. The topological polar surface area (TPSA) is 49.3 Å². The number of hydrogen-bond acceptors (Lipinski definition) is 3. The van der Waals surface area contributed by atoms with Gasteiger partial charge in [0.15, 0.2) is 0 Å². The van der Waals surface area contributed by atoms with Crippen LogP contribution >= 0.6 is 34.5 Å². The molecule has 3 nitrogen and oxygen atoms in total. The summed E-state index contributed by atoms with van der Waals surface area (Å²) < 4.78 is 0. The van der Waals surface area contributed by atoms with Gasteiger partial charge in [0, 0.05) is 4.88 Å². The van der Waals surface area contributed by atoms with Crippen LogP contribution in [0.15, 0.2) is 29.6 Å². The molecule has 1 aromatic heterocycles. The maximum Gasteiger partial charge on any atom is 0.308 e. The molecule has 0 fully saturated rings. The van der Waals surface area contributed by atoms with E-state index in [1.54, 1.807) is 18.2 Å². The normalized spacial score (nSPS) is 10.3. The zero-order chi connectivity index (χ0) is 13.1. The third-order valence-corrected chi connectivity index (χ3v) is 4.02. The number of benzene rings is 1. The minimum Gasteiger partial charge on any atom is -0.481 e. The van der Waals surface area contributed by atoms with Crippen molar-refractivity contribution < 1.29 is 9.90 Å². The number of halogens is 2. The van der Waals surface area contributed by atoms with Gasteiger partial charge in [-0.3, -0.25) is 4.79 Å². The van der Waals surface area contributed by atoms with E-state index in [4.69, 9.17) is 28.3 Å². The van der Waals surface area contributed by atoms with Crippen molar-refractivity contribution in [2.24, 2.45) is 0 Å². The molecule has 18 heavy (non-hydrogen) atoms. The van der Waals surface area contributed by atoms with Crippen LogP contribution in [0.2, 0.25) is 10.0 Å². The first-order valence-electron chi connectivity index (χ1n) is 5.07. The van der Waals surface area contributed by atoms with Crippen LogP contribution in [0.4, 0.5) is 11.4 Å². The Morgan fingerprint density at radius 3 is 2.78 bits per heavy atom. The van der Waals surface area contributed by atoms with Crippen molar-refractivity contribution in [3.63, 3.8) is 0 Å². The molecule has 0 amide bonds. The monoisotopic (exact) mass is 301 g/mol. The average Bonchev–Trinajstić information content (AvgIpc) is 2.72. The summed E-state index contributed by atoms with van der Waals surface area (Å²) in [6.07, 6.45) is -0.0157. The lowest BCUT2D eigenvalue weighted by atomic mass is 10.2. The van der Waals surface area contributed by atoms with E-state index in [1.807, 2.05) is 11.4 Å². The Kier molecular flexibility index (Phi) is 4.11. The lowest BCUT2D eigenvalue weighted by molar-refractivity contribution is -0.136. The summed E-state index contributed by atoms with van der Waals surface area (Å²) in [5.41, 5.74) is 1.40. The fourth-order valence-electron chi connectivity index (χ4n) is 1.47. The Balaban J connectivity index is 2.26. The summed E-state index contributed by atoms with van der Waals surface area (Å²) in [6, 6.07) is 7.08. The quantitative estimate of drug-likeness (QED) is 0.878. The second kappa shape index (κ2) is 5.61. The van der Waals surface area contributed by atoms with E-state index in [2.05, 4.69) is 5.32 Å². The van der Waals surface area contributed by atoms with Gasteiger partial charge in [0.2, 0.25) is 0 Å². The van der Waals surface area contributed by atoms with Crippen molar-refractivity contribution >= 4 is 51.9 Å². The van der Waals surface area contributed by atoms with E-state index in [-0.39, 0.29) is 6.42 Å². The molecule has 2 aromatic rings. The highest BCUT2D eigenvalue weighted by molar-refractivity contribution is 7.10. The minimum atomic E-state index is -0.863. The summed E-state index contributed by atoms with van der Waals surface area (Å²) in [4.78, 5) is 11.5. The number of nitrogens with one attached hydrogen (secondary N) is 1. The minimum absolute atomic E-state index is 0.0157. The Labute approximate surface area is 118 Å². The lowest BCUT2D eigenvalue weighted by Crippen LogP contribution is -2.01. The van der Waals surface area contributed by atoms with Crippen LogP contribution in [0.5, 0.6) is 0 Å². The summed E-state index contributed by atoms with van der Waals surface area (Å²) >= 11 is 13.4. The van der Waals surface area contributed by atoms with E-state index in [1.165, 1.54) is 11.3 Å². The smallest absolute Gasteiger partial charge is 0.308 e. The van der Waals surface area contributed by atoms with E-state index < -0.39 is 5.97 Å². The molecule has 0 aliphatic heterocycles. The predicted octanol–water partition coefficient (Wildman–Crippen LogP) is 4.43. The van der Waals surface area contributed by atoms with E-state index >= 15 is 0 Å².